The van der Waals surface area contributed by atoms with Gasteiger partial charge >= 0.3 is 5.97 Å². The molecule has 0 aliphatic carbocycles. The van der Waals surface area contributed by atoms with Gasteiger partial charge < -0.3 is 10.1 Å². The minimum Gasteiger partial charge on any atom is -0.444 e. The molecule has 37 heavy (non-hydrogen) atoms. The van der Waals surface area contributed by atoms with E-state index in [1.165, 1.54) is 28.6 Å². The molecule has 1 atom stereocenters. The molecule has 1 fully saturated rings. The molecule has 1 saturated heterocycles. The lowest BCUT2D eigenvalue weighted by Crippen LogP contribution is -2.32. The van der Waals surface area contributed by atoms with Gasteiger partial charge in [-0.05, 0) is 68.1 Å². The minimum atomic E-state index is -3.63. The number of carbonyl (C=O) groups excluding carboxylic acids is 2. The van der Waals surface area contributed by atoms with Gasteiger partial charge in [-0.1, -0.05) is 55.3 Å². The number of amides is 1. The molecule has 0 bridgehead atoms. The third-order valence-electron chi connectivity index (χ3n) is 6.51. The van der Waals surface area contributed by atoms with Gasteiger partial charge in [0.2, 0.25) is 16.1 Å². The van der Waals surface area contributed by atoms with Gasteiger partial charge in [0.1, 0.15) is 0 Å². The summed E-state index contributed by atoms with van der Waals surface area (Å²) >= 11 is 0. The molecule has 0 radical (unpaired) electrons. The van der Waals surface area contributed by atoms with Crippen LogP contribution in [0.3, 0.4) is 0 Å². The van der Waals surface area contributed by atoms with Crippen LogP contribution in [0, 0.1) is 13.8 Å². The third kappa shape index (κ3) is 6.45. The van der Waals surface area contributed by atoms with Gasteiger partial charge in [0.15, 0.2) is 0 Å². The number of hydrogen-bond donors (Lipinski definition) is 1. The van der Waals surface area contributed by atoms with Crippen molar-refractivity contribution in [3.63, 3.8) is 0 Å². The number of nitrogens with zero attached hydrogens (tertiary/aromatic N) is 1. The Labute approximate surface area is 218 Å². The first-order valence-corrected chi connectivity index (χ1v) is 13.9. The highest BCUT2D eigenvalue weighted by atomic mass is 32.2. The maximum Gasteiger partial charge on any atom is 0.339 e. The Balaban J connectivity index is 1.53. The molecule has 1 heterocycles. The predicted molar refractivity (Wildman–Crippen MR) is 143 cm³/mol. The number of aryl methyl sites for hydroxylation is 2. The van der Waals surface area contributed by atoms with E-state index in [0.717, 1.165) is 36.8 Å². The molecule has 1 amide bonds. The molecule has 8 heteroatoms. The van der Waals surface area contributed by atoms with Crippen molar-refractivity contribution in [2.24, 2.45) is 0 Å². The molecule has 3 aromatic rings. The van der Waals surface area contributed by atoms with Crippen molar-refractivity contribution in [3.8, 4) is 0 Å². The highest BCUT2D eigenvalue weighted by Crippen LogP contribution is 2.25. The van der Waals surface area contributed by atoms with Crippen molar-refractivity contribution in [1.29, 1.82) is 0 Å². The van der Waals surface area contributed by atoms with Crippen LogP contribution in [0.1, 0.15) is 58.8 Å². The maximum absolute atomic E-state index is 13.3. The van der Waals surface area contributed by atoms with E-state index in [1.54, 1.807) is 24.3 Å². The van der Waals surface area contributed by atoms with E-state index in [-0.39, 0.29) is 10.5 Å². The van der Waals surface area contributed by atoms with Crippen LogP contribution in [0.4, 0.5) is 5.69 Å². The summed E-state index contributed by atoms with van der Waals surface area (Å²) in [6.45, 7) is 4.82. The number of benzene rings is 3. The summed E-state index contributed by atoms with van der Waals surface area (Å²) in [6, 6.07) is 20.2. The topological polar surface area (TPSA) is 92.8 Å². The van der Waals surface area contributed by atoms with E-state index >= 15 is 0 Å². The minimum absolute atomic E-state index is 0.137. The molecule has 3 aromatic carbocycles. The van der Waals surface area contributed by atoms with Crippen molar-refractivity contribution in [1.82, 2.24) is 4.31 Å². The zero-order valence-electron chi connectivity index (χ0n) is 21.1. The van der Waals surface area contributed by atoms with Gasteiger partial charge in [-0.3, -0.25) is 4.79 Å². The molecule has 7 nitrogen and oxygen atoms in total. The fourth-order valence-electron chi connectivity index (χ4n) is 4.34. The lowest BCUT2D eigenvalue weighted by atomic mass is 10.1. The van der Waals surface area contributed by atoms with E-state index in [1.807, 2.05) is 38.1 Å². The number of carbonyl (C=O) groups is 2. The van der Waals surface area contributed by atoms with Crippen molar-refractivity contribution in [2.75, 3.05) is 18.4 Å². The Hall–Kier alpha value is -3.49. The SMILES string of the molecule is Cc1ccc(C)c(NC(=O)[C@@H](OC(=O)c2ccc(S(=O)(=O)N3CCCCCC3)cc2)c2ccccc2)c1. The van der Waals surface area contributed by atoms with E-state index in [9.17, 15) is 18.0 Å². The average Bonchev–Trinajstić information content (AvgIpc) is 3.20. The van der Waals surface area contributed by atoms with Crippen LogP contribution in [0.2, 0.25) is 0 Å². The second-order valence-corrected chi connectivity index (χ2v) is 11.3. The Morgan fingerprint density at radius 3 is 2.16 bits per heavy atom. The quantitative estimate of drug-likeness (QED) is 0.421. The molecule has 0 saturated carbocycles. The van der Waals surface area contributed by atoms with Gasteiger partial charge in [0, 0.05) is 24.3 Å². The summed E-state index contributed by atoms with van der Waals surface area (Å²) in [6.07, 6.45) is 2.55. The summed E-state index contributed by atoms with van der Waals surface area (Å²) in [5.74, 6) is -1.20. The highest BCUT2D eigenvalue weighted by Gasteiger charge is 2.28. The normalized spacial score (nSPS) is 15.4. The number of rotatable bonds is 7. The van der Waals surface area contributed by atoms with Gasteiger partial charge in [-0.2, -0.15) is 4.31 Å². The Morgan fingerprint density at radius 2 is 1.51 bits per heavy atom. The molecule has 0 unspecified atom stereocenters. The van der Waals surface area contributed by atoms with Crippen molar-refractivity contribution >= 4 is 27.6 Å². The molecular weight excluding hydrogens is 488 g/mol. The highest BCUT2D eigenvalue weighted by molar-refractivity contribution is 7.89. The fourth-order valence-corrected chi connectivity index (χ4v) is 5.86. The van der Waals surface area contributed by atoms with Crippen LogP contribution in [0.25, 0.3) is 0 Å². The van der Waals surface area contributed by atoms with E-state index in [4.69, 9.17) is 4.74 Å². The summed E-state index contributed by atoms with van der Waals surface area (Å²) in [5.41, 5.74) is 3.21. The summed E-state index contributed by atoms with van der Waals surface area (Å²) < 4.78 is 33.3. The molecule has 4 rings (SSSR count). The van der Waals surface area contributed by atoms with Crippen LogP contribution >= 0.6 is 0 Å². The molecular formula is C29H32N2O5S. The zero-order valence-corrected chi connectivity index (χ0v) is 22.0. The number of nitrogens with one attached hydrogen (secondary N) is 1. The molecule has 1 N–H and O–H groups in total. The number of sulfonamides is 1. The molecule has 1 aliphatic heterocycles. The second kappa shape index (κ2) is 11.7. The van der Waals surface area contributed by atoms with E-state index in [0.29, 0.717) is 24.3 Å². The summed E-state index contributed by atoms with van der Waals surface area (Å²) in [4.78, 5) is 26.4. The lowest BCUT2D eigenvalue weighted by Gasteiger charge is -2.20. The van der Waals surface area contributed by atoms with Gasteiger partial charge in [0.05, 0.1) is 10.5 Å². The first-order chi connectivity index (χ1) is 17.8. The first kappa shape index (κ1) is 26.6. The zero-order chi connectivity index (χ0) is 26.4. The van der Waals surface area contributed by atoms with E-state index in [2.05, 4.69) is 5.32 Å². The standard InChI is InChI=1S/C29H32N2O5S/c1-21-12-13-22(2)26(20-21)30-28(32)27(23-10-6-5-7-11-23)36-29(33)24-14-16-25(17-15-24)37(34,35)31-18-8-3-4-9-19-31/h5-7,10-17,20,27H,3-4,8-9,18-19H2,1-2H3,(H,30,32)/t27-/m0/s1. The smallest absolute Gasteiger partial charge is 0.339 e. The van der Waals surface area contributed by atoms with Crippen LogP contribution < -0.4 is 5.32 Å². The molecule has 194 valence electrons. The number of esters is 1. The molecule has 0 spiro atoms. The van der Waals surface area contributed by atoms with Gasteiger partial charge in [-0.25, -0.2) is 13.2 Å². The number of hydrogen-bond acceptors (Lipinski definition) is 5. The summed E-state index contributed by atoms with van der Waals surface area (Å²) in [5, 5.41) is 2.88. The fraction of sp³-hybridized carbons (Fsp3) is 0.310. The van der Waals surface area contributed by atoms with Crippen molar-refractivity contribution < 1.29 is 22.7 Å². The average molecular weight is 521 g/mol. The largest absolute Gasteiger partial charge is 0.444 e. The summed E-state index contributed by atoms with van der Waals surface area (Å²) in [7, 11) is -3.63. The van der Waals surface area contributed by atoms with E-state index < -0.39 is 28.0 Å². The Bertz CT molecular complexity index is 1350. The van der Waals surface area contributed by atoms with Crippen molar-refractivity contribution in [3.05, 3.63) is 95.1 Å². The van der Waals surface area contributed by atoms with Gasteiger partial charge in [-0.15, -0.1) is 0 Å². The Kier molecular flexibility index (Phi) is 8.41. The van der Waals surface area contributed by atoms with Crippen LogP contribution in [-0.4, -0.2) is 37.7 Å². The lowest BCUT2D eigenvalue weighted by molar-refractivity contribution is -0.125. The monoisotopic (exact) mass is 520 g/mol. The number of ether oxygens (including phenoxy) is 1. The van der Waals surface area contributed by atoms with Crippen LogP contribution in [0.15, 0.2) is 77.7 Å². The number of anilines is 1. The maximum atomic E-state index is 13.3. The second-order valence-electron chi connectivity index (χ2n) is 9.35. The van der Waals surface area contributed by atoms with Gasteiger partial charge in [0.25, 0.3) is 5.91 Å². The first-order valence-electron chi connectivity index (χ1n) is 12.5. The van der Waals surface area contributed by atoms with Crippen LogP contribution in [0.5, 0.6) is 0 Å². The van der Waals surface area contributed by atoms with Crippen LogP contribution in [-0.2, 0) is 19.6 Å². The third-order valence-corrected chi connectivity index (χ3v) is 8.42. The Morgan fingerprint density at radius 1 is 0.865 bits per heavy atom. The van der Waals surface area contributed by atoms with Crippen molar-refractivity contribution in [2.45, 2.75) is 50.5 Å². The molecule has 0 aromatic heterocycles. The predicted octanol–water partition coefficient (Wildman–Crippen LogP) is 5.40. The molecule has 1 aliphatic rings.